The molecule has 1 atom stereocenters. The van der Waals surface area contributed by atoms with Crippen LogP contribution in [0.5, 0.6) is 0 Å². The lowest BCUT2D eigenvalue weighted by atomic mass is 9.41. The Morgan fingerprint density at radius 1 is 0.660 bits per heavy atom. The number of hydrogen-bond acceptors (Lipinski definition) is 5. The van der Waals surface area contributed by atoms with Crippen molar-refractivity contribution in [2.45, 2.75) is 206 Å². The van der Waals surface area contributed by atoms with E-state index in [9.17, 15) is 14.4 Å². The third kappa shape index (κ3) is 13.3. The zero-order chi connectivity index (χ0) is 33.9. The summed E-state index contributed by atoms with van der Waals surface area (Å²) in [7, 11) is 0. The molecule has 3 saturated heterocycles. The van der Waals surface area contributed by atoms with Gasteiger partial charge in [0.1, 0.15) is 13.2 Å². The summed E-state index contributed by atoms with van der Waals surface area (Å²) in [5.74, 6) is 0.0362. The first-order chi connectivity index (χ1) is 22.7. The molecule has 0 aromatic rings. The minimum Gasteiger partial charge on any atom is -0.481 e. The van der Waals surface area contributed by atoms with E-state index in [4.69, 9.17) is 14.6 Å². The van der Waals surface area contributed by atoms with E-state index in [0.717, 1.165) is 109 Å². The number of aliphatic carboxylic acids is 1. The average Bonchev–Trinajstić information content (AvgIpc) is 3.17. The number of hydrogen-bond donors (Lipinski definition) is 1. The summed E-state index contributed by atoms with van der Waals surface area (Å²) in [5.41, 5.74) is -0.746. The lowest BCUT2D eigenvalue weighted by molar-refractivity contribution is -0.176. The second kappa shape index (κ2) is 21.5. The molecule has 1 N–H and O–H groups in total. The number of unbranched alkanes of at least 4 members (excludes halogenated alkanes) is 13. The first kappa shape index (κ1) is 39.8. The van der Waals surface area contributed by atoms with Gasteiger partial charge in [0, 0.05) is 18.3 Å². The summed E-state index contributed by atoms with van der Waals surface area (Å²) in [4.78, 5) is 37.8. The quantitative estimate of drug-likeness (QED) is 0.0973. The third-order valence-electron chi connectivity index (χ3n) is 12.0. The first-order valence-corrected chi connectivity index (χ1v) is 20.3. The lowest BCUT2D eigenvalue weighted by Crippen LogP contribution is -2.58. The van der Waals surface area contributed by atoms with Crippen molar-refractivity contribution < 1.29 is 29.0 Å². The van der Waals surface area contributed by atoms with E-state index in [1.165, 1.54) is 77.0 Å². The van der Waals surface area contributed by atoms with Crippen LogP contribution in [0.2, 0.25) is 0 Å². The lowest BCUT2D eigenvalue weighted by Gasteiger charge is -2.60. The zero-order valence-corrected chi connectivity index (χ0v) is 30.7. The molecule has 0 aromatic heterocycles. The molecule has 0 aromatic carbocycles. The predicted octanol–water partition coefficient (Wildman–Crippen LogP) is 11.5. The van der Waals surface area contributed by atoms with Crippen LogP contribution in [0, 0.1) is 22.2 Å². The van der Waals surface area contributed by atoms with Crippen LogP contribution in [0.25, 0.3) is 0 Å². The molecule has 0 radical (unpaired) electrons. The maximum Gasteiger partial charge on any atom is 0.312 e. The van der Waals surface area contributed by atoms with Crippen LogP contribution in [0.3, 0.4) is 0 Å². The Bertz CT molecular complexity index is 906. The first-order valence-electron chi connectivity index (χ1n) is 20.3. The largest absolute Gasteiger partial charge is 0.481 e. The number of fused-ring (bicyclic) bond motifs is 2. The minimum atomic E-state index is -0.718. The Balaban J connectivity index is 1.61. The Kier molecular flexibility index (Phi) is 18.2. The molecule has 1 saturated carbocycles. The number of carbonyl (C=O) groups is 3. The van der Waals surface area contributed by atoms with Crippen LogP contribution in [-0.2, 0) is 23.9 Å². The van der Waals surface area contributed by atoms with Crippen LogP contribution in [0.4, 0.5) is 0 Å². The number of carboxylic acids is 1. The second-order valence-corrected chi connectivity index (χ2v) is 16.6. The maximum absolute atomic E-state index is 14.2. The summed E-state index contributed by atoms with van der Waals surface area (Å²) >= 11 is 0. The van der Waals surface area contributed by atoms with Gasteiger partial charge in [-0.25, -0.2) is 0 Å². The highest BCUT2D eigenvalue weighted by Gasteiger charge is 2.69. The molecule has 0 spiro atoms. The topological polar surface area (TPSA) is 89.9 Å². The molecule has 4 aliphatic rings. The highest BCUT2D eigenvalue weighted by molar-refractivity contribution is 5.79. The average molecular weight is 661 g/mol. The number of carbonyl (C=O) groups excluding carboxylic acids is 2. The molecule has 0 amide bonds. The van der Waals surface area contributed by atoms with Gasteiger partial charge in [-0.3, -0.25) is 14.4 Å². The smallest absolute Gasteiger partial charge is 0.312 e. The van der Waals surface area contributed by atoms with Crippen molar-refractivity contribution in [3.05, 3.63) is 0 Å². The van der Waals surface area contributed by atoms with E-state index in [-0.39, 0.29) is 29.2 Å². The molecule has 3 bridgehead atoms. The second-order valence-electron chi connectivity index (χ2n) is 16.6. The molecule has 3 heterocycles. The van der Waals surface area contributed by atoms with E-state index in [1.807, 2.05) is 0 Å². The fourth-order valence-electron chi connectivity index (χ4n) is 9.37. The van der Waals surface area contributed by atoms with E-state index in [1.54, 1.807) is 0 Å². The van der Waals surface area contributed by atoms with Crippen molar-refractivity contribution in [1.29, 1.82) is 0 Å². The zero-order valence-electron chi connectivity index (χ0n) is 30.7. The highest BCUT2D eigenvalue weighted by atomic mass is 16.5. The molecule has 4 rings (SSSR count). The van der Waals surface area contributed by atoms with E-state index in [2.05, 4.69) is 13.8 Å². The van der Waals surface area contributed by atoms with Gasteiger partial charge in [-0.15, -0.1) is 0 Å². The number of cyclic esters (lactones) is 1. The van der Waals surface area contributed by atoms with Crippen molar-refractivity contribution in [1.82, 2.24) is 0 Å². The van der Waals surface area contributed by atoms with E-state index >= 15 is 0 Å². The van der Waals surface area contributed by atoms with Gasteiger partial charge in [0.05, 0.1) is 5.41 Å². The van der Waals surface area contributed by atoms with Gasteiger partial charge in [-0.1, -0.05) is 149 Å². The molecule has 1 unspecified atom stereocenters. The highest BCUT2D eigenvalue weighted by Crippen LogP contribution is 2.70. The van der Waals surface area contributed by atoms with Crippen molar-refractivity contribution >= 4 is 17.9 Å². The van der Waals surface area contributed by atoms with Gasteiger partial charge in [-0.2, -0.15) is 0 Å². The van der Waals surface area contributed by atoms with Gasteiger partial charge in [0.2, 0.25) is 0 Å². The molecule has 3 aliphatic heterocycles. The van der Waals surface area contributed by atoms with Crippen LogP contribution < -0.4 is 0 Å². The summed E-state index contributed by atoms with van der Waals surface area (Å²) in [5, 5.41) is 9.00. The Morgan fingerprint density at radius 3 is 1.79 bits per heavy atom. The fourth-order valence-corrected chi connectivity index (χ4v) is 9.37. The molecule has 6 heteroatoms. The molecule has 6 nitrogen and oxygen atoms in total. The standard InChI is InChI=1S/C41H72O6/c1-35(2)25-19-13-8-5-3-4-6-10-16-22-28-40-31-39(32-40)33-46-37(44)27-21-15-9-7-11-17-23-29-41(40,38(45)47-34-39)30-24-18-12-14-20-26-36(42)43/h35H,3-34H2,1-2H3,(H,42,43). The molecule has 272 valence electrons. The van der Waals surface area contributed by atoms with Crippen LogP contribution in [-0.4, -0.2) is 36.2 Å². The Hall–Kier alpha value is -1.59. The minimum absolute atomic E-state index is 0.0202. The van der Waals surface area contributed by atoms with Gasteiger partial charge in [0.15, 0.2) is 0 Å². The number of ether oxygens (including phenoxy) is 2. The van der Waals surface area contributed by atoms with Crippen molar-refractivity contribution in [3.63, 3.8) is 0 Å². The Morgan fingerprint density at radius 2 is 1.17 bits per heavy atom. The van der Waals surface area contributed by atoms with Gasteiger partial charge in [0.25, 0.3) is 0 Å². The number of esters is 2. The van der Waals surface area contributed by atoms with Crippen LogP contribution >= 0.6 is 0 Å². The maximum atomic E-state index is 14.2. The van der Waals surface area contributed by atoms with Crippen LogP contribution in [0.1, 0.15) is 206 Å². The molecular formula is C41H72O6. The molecular weight excluding hydrogens is 588 g/mol. The predicted molar refractivity (Wildman–Crippen MR) is 190 cm³/mol. The normalized spacial score (nSPS) is 27.2. The Labute approximate surface area is 288 Å². The summed E-state index contributed by atoms with van der Waals surface area (Å²) in [6.45, 7) is 5.41. The SMILES string of the molecule is CC(C)CCCCCCCCCCCCC12CC3(COC(=O)CCCCCCCCCC1(CCCCCCCC(=O)O)C(=O)OC3)C2. The number of rotatable bonds is 21. The molecule has 47 heavy (non-hydrogen) atoms. The number of carboxylic acid groups (broad SMARTS) is 1. The van der Waals surface area contributed by atoms with Gasteiger partial charge >= 0.3 is 17.9 Å². The summed E-state index contributed by atoms with van der Waals surface area (Å²) in [6.07, 6.45) is 32.5. The van der Waals surface area contributed by atoms with Crippen molar-refractivity contribution in [2.75, 3.05) is 13.2 Å². The monoisotopic (exact) mass is 661 g/mol. The van der Waals surface area contributed by atoms with Crippen molar-refractivity contribution in [2.24, 2.45) is 22.2 Å². The molecule has 4 fully saturated rings. The molecule has 1 aliphatic carbocycles. The van der Waals surface area contributed by atoms with E-state index in [0.29, 0.717) is 19.6 Å². The van der Waals surface area contributed by atoms with Crippen LogP contribution in [0.15, 0.2) is 0 Å². The summed E-state index contributed by atoms with van der Waals surface area (Å²) < 4.78 is 12.1. The van der Waals surface area contributed by atoms with Crippen molar-refractivity contribution in [3.8, 4) is 0 Å². The third-order valence-corrected chi connectivity index (χ3v) is 12.0. The summed E-state index contributed by atoms with van der Waals surface area (Å²) in [6, 6.07) is 0. The fraction of sp³-hybridized carbons (Fsp3) is 0.927. The van der Waals surface area contributed by atoms with Gasteiger partial charge < -0.3 is 14.6 Å². The van der Waals surface area contributed by atoms with Gasteiger partial charge in [-0.05, 0) is 56.3 Å². The van der Waals surface area contributed by atoms with E-state index < -0.39 is 11.4 Å².